The monoisotopic (exact) mass is 516 g/mol. The molecular weight excluding hydrogens is 472 g/mol. The first-order valence-electron chi connectivity index (χ1n) is 12.6. The summed E-state index contributed by atoms with van der Waals surface area (Å²) in [7, 11) is 0. The van der Waals surface area contributed by atoms with Crippen molar-refractivity contribution in [2.45, 2.75) is 46.1 Å². The highest BCUT2D eigenvalue weighted by molar-refractivity contribution is 5.72. The molecule has 0 radical (unpaired) electrons. The fraction of sp³-hybridized carbons (Fsp3) is 0.833. The van der Waals surface area contributed by atoms with Gasteiger partial charge in [-0.3, -0.25) is 33.9 Å². The molecule has 0 unspecified atom stereocenters. The van der Waals surface area contributed by atoms with Crippen molar-refractivity contribution in [1.29, 1.82) is 0 Å². The molecule has 0 amide bonds. The summed E-state index contributed by atoms with van der Waals surface area (Å²) in [4.78, 5) is 54.7. The summed E-state index contributed by atoms with van der Waals surface area (Å²) in [6, 6.07) is 0. The Hall–Kier alpha value is -2.28. The molecule has 1 rings (SSSR count). The number of carbonyl (C=O) groups excluding carboxylic acids is 2. The van der Waals surface area contributed by atoms with Crippen LogP contribution in [0.4, 0.5) is 0 Å². The molecule has 0 saturated carbocycles. The average Bonchev–Trinajstić information content (AvgIpc) is 2.73. The molecule has 0 atom stereocenters. The summed E-state index contributed by atoms with van der Waals surface area (Å²) in [6.45, 7) is 11.8. The number of carboxylic acid groups (broad SMARTS) is 2. The van der Waals surface area contributed by atoms with Crippen molar-refractivity contribution >= 4 is 23.9 Å². The highest BCUT2D eigenvalue weighted by Gasteiger charge is 2.22. The molecule has 2 N–H and O–H groups in total. The highest BCUT2D eigenvalue weighted by atomic mass is 16.6. The lowest BCUT2D eigenvalue weighted by Gasteiger charge is -2.33. The van der Waals surface area contributed by atoms with Gasteiger partial charge in [-0.15, -0.1) is 0 Å². The minimum atomic E-state index is -0.960. The minimum Gasteiger partial charge on any atom is -0.480 e. The van der Waals surface area contributed by atoms with Gasteiger partial charge in [0.1, 0.15) is 5.60 Å². The predicted molar refractivity (Wildman–Crippen MR) is 133 cm³/mol. The van der Waals surface area contributed by atoms with Gasteiger partial charge in [0.25, 0.3) is 0 Å². The zero-order valence-corrected chi connectivity index (χ0v) is 22.2. The van der Waals surface area contributed by atoms with Crippen LogP contribution in [0, 0.1) is 0 Å². The fourth-order valence-corrected chi connectivity index (χ4v) is 3.90. The van der Waals surface area contributed by atoms with Gasteiger partial charge in [0.15, 0.2) is 0 Å². The number of aliphatic carboxylic acids is 2. The van der Waals surface area contributed by atoms with Crippen LogP contribution in [0.3, 0.4) is 0 Å². The van der Waals surface area contributed by atoms with Crippen molar-refractivity contribution in [3.05, 3.63) is 0 Å². The number of nitrogens with zero attached hydrogens (tertiary/aromatic N) is 4. The molecule has 0 aliphatic carbocycles. The Morgan fingerprint density at radius 3 is 1.50 bits per heavy atom. The third kappa shape index (κ3) is 15.7. The molecule has 0 aromatic carbocycles. The Balaban J connectivity index is 2.95. The first-order valence-corrected chi connectivity index (χ1v) is 12.6. The molecule has 0 aromatic heterocycles. The molecule has 12 nitrogen and oxygen atoms in total. The SMILES string of the molecule is CCOC(=O)CCCN1CCN(CC(=O)O)CCN(CC(=O)O)CCN(CC(=O)OC(C)(C)C)CC1. The van der Waals surface area contributed by atoms with E-state index in [4.69, 9.17) is 9.47 Å². The predicted octanol–water partition coefficient (Wildman–Crippen LogP) is 0.0622. The summed E-state index contributed by atoms with van der Waals surface area (Å²) in [5.41, 5.74) is -0.605. The number of hydrogen-bond acceptors (Lipinski definition) is 10. The van der Waals surface area contributed by atoms with E-state index in [1.807, 2.05) is 25.7 Å². The first kappa shape index (κ1) is 31.7. The number of carboxylic acids is 2. The second-order valence-electron chi connectivity index (χ2n) is 9.95. The van der Waals surface area contributed by atoms with E-state index in [1.165, 1.54) is 0 Å². The first-order chi connectivity index (χ1) is 16.9. The van der Waals surface area contributed by atoms with E-state index in [9.17, 15) is 29.4 Å². The molecular formula is C24H44N4O8. The number of ether oxygens (including phenoxy) is 2. The molecule has 1 heterocycles. The van der Waals surface area contributed by atoms with E-state index in [1.54, 1.807) is 16.7 Å². The molecule has 12 heteroatoms. The molecule has 0 spiro atoms. The van der Waals surface area contributed by atoms with E-state index in [0.29, 0.717) is 78.4 Å². The zero-order valence-electron chi connectivity index (χ0n) is 22.2. The Labute approximate surface area is 214 Å². The van der Waals surface area contributed by atoms with Crippen LogP contribution in [-0.2, 0) is 28.7 Å². The Morgan fingerprint density at radius 1 is 0.694 bits per heavy atom. The number of esters is 2. The summed E-state index contributed by atoms with van der Waals surface area (Å²) in [5, 5.41) is 18.6. The quantitative estimate of drug-likeness (QED) is 0.359. The van der Waals surface area contributed by atoms with E-state index in [-0.39, 0.29) is 31.6 Å². The minimum absolute atomic E-state index is 0.0833. The van der Waals surface area contributed by atoms with Crippen LogP contribution in [0.1, 0.15) is 40.5 Å². The summed E-state index contributed by atoms with van der Waals surface area (Å²) in [5.74, 6) is -2.49. The molecule has 208 valence electrons. The van der Waals surface area contributed by atoms with Gasteiger partial charge in [0.05, 0.1) is 26.2 Å². The molecule has 36 heavy (non-hydrogen) atoms. The third-order valence-corrected chi connectivity index (χ3v) is 5.58. The zero-order chi connectivity index (χ0) is 27.1. The van der Waals surface area contributed by atoms with E-state index in [2.05, 4.69) is 4.90 Å². The van der Waals surface area contributed by atoms with Gasteiger partial charge in [-0.2, -0.15) is 0 Å². The molecule has 1 fully saturated rings. The maximum Gasteiger partial charge on any atom is 0.320 e. The normalized spacial score (nSPS) is 18.1. The van der Waals surface area contributed by atoms with Gasteiger partial charge in [0, 0.05) is 58.8 Å². The van der Waals surface area contributed by atoms with Crippen molar-refractivity contribution < 1.29 is 38.9 Å². The smallest absolute Gasteiger partial charge is 0.320 e. The van der Waals surface area contributed by atoms with Crippen LogP contribution < -0.4 is 0 Å². The molecule has 1 saturated heterocycles. The van der Waals surface area contributed by atoms with Crippen molar-refractivity contribution in [3.63, 3.8) is 0 Å². The topological polar surface area (TPSA) is 140 Å². The maximum atomic E-state index is 12.5. The van der Waals surface area contributed by atoms with Crippen LogP contribution >= 0.6 is 0 Å². The molecule has 0 bridgehead atoms. The Bertz CT molecular complexity index is 713. The molecule has 1 aliphatic heterocycles. The van der Waals surface area contributed by atoms with Crippen molar-refractivity contribution in [2.75, 3.05) is 85.1 Å². The van der Waals surface area contributed by atoms with Gasteiger partial charge in [-0.25, -0.2) is 0 Å². The second kappa shape index (κ2) is 16.5. The van der Waals surface area contributed by atoms with Crippen LogP contribution in [0.5, 0.6) is 0 Å². The largest absolute Gasteiger partial charge is 0.480 e. The third-order valence-electron chi connectivity index (χ3n) is 5.58. The van der Waals surface area contributed by atoms with Crippen molar-refractivity contribution in [2.24, 2.45) is 0 Å². The number of carbonyl (C=O) groups is 4. The summed E-state index contributed by atoms with van der Waals surface area (Å²) >= 11 is 0. The van der Waals surface area contributed by atoms with E-state index in [0.717, 1.165) is 0 Å². The van der Waals surface area contributed by atoms with Crippen LogP contribution in [0.15, 0.2) is 0 Å². The van der Waals surface area contributed by atoms with Crippen molar-refractivity contribution in [1.82, 2.24) is 19.6 Å². The molecule has 1 aliphatic rings. The molecule has 0 aromatic rings. The Kier molecular flexibility index (Phi) is 14.5. The van der Waals surface area contributed by atoms with E-state index < -0.39 is 17.5 Å². The van der Waals surface area contributed by atoms with Gasteiger partial charge in [-0.05, 0) is 40.7 Å². The van der Waals surface area contributed by atoms with E-state index >= 15 is 0 Å². The Morgan fingerprint density at radius 2 is 1.11 bits per heavy atom. The summed E-state index contributed by atoms with van der Waals surface area (Å²) in [6.07, 6.45) is 0.908. The number of rotatable bonds is 11. The second-order valence-corrected chi connectivity index (χ2v) is 9.95. The van der Waals surface area contributed by atoms with Crippen molar-refractivity contribution in [3.8, 4) is 0 Å². The van der Waals surface area contributed by atoms with Crippen LogP contribution in [-0.4, -0.2) is 144 Å². The fourth-order valence-electron chi connectivity index (χ4n) is 3.90. The lowest BCUT2D eigenvalue weighted by molar-refractivity contribution is -0.156. The van der Waals surface area contributed by atoms with Gasteiger partial charge in [-0.1, -0.05) is 0 Å². The van der Waals surface area contributed by atoms with Gasteiger partial charge < -0.3 is 24.6 Å². The van der Waals surface area contributed by atoms with Crippen LogP contribution in [0.25, 0.3) is 0 Å². The van der Waals surface area contributed by atoms with Gasteiger partial charge >= 0.3 is 23.9 Å². The van der Waals surface area contributed by atoms with Gasteiger partial charge in [0.2, 0.25) is 0 Å². The maximum absolute atomic E-state index is 12.5. The summed E-state index contributed by atoms with van der Waals surface area (Å²) < 4.78 is 10.5. The number of hydrogen-bond donors (Lipinski definition) is 2. The standard InChI is InChI=1S/C24H44N4O8/c1-5-35-22(33)7-6-8-25-9-11-26(17-20(29)30)13-14-27(18-21(31)32)15-16-28(12-10-25)19-23(34)36-24(2,3)4/h5-19H2,1-4H3,(H,29,30)(H,31,32). The lowest BCUT2D eigenvalue weighted by Crippen LogP contribution is -2.49. The van der Waals surface area contributed by atoms with Crippen LogP contribution in [0.2, 0.25) is 0 Å². The average molecular weight is 517 g/mol. The highest BCUT2D eigenvalue weighted by Crippen LogP contribution is 2.08. The lowest BCUT2D eigenvalue weighted by atomic mass is 10.2.